The van der Waals surface area contributed by atoms with E-state index in [1.807, 2.05) is 5.32 Å². The monoisotopic (exact) mass is 308 g/mol. The first kappa shape index (κ1) is 15.3. The first-order valence-corrected chi connectivity index (χ1v) is 6.79. The van der Waals surface area contributed by atoms with Gasteiger partial charge in [0.25, 0.3) is 16.0 Å². The average molecular weight is 309 g/mol. The molecule has 0 radical (unpaired) electrons. The number of amides is 1. The van der Waals surface area contributed by atoms with Crippen LogP contribution in [-0.4, -0.2) is 46.7 Å². The minimum absolute atomic E-state index is 0.0176. The summed E-state index contributed by atoms with van der Waals surface area (Å²) >= 11 is 5.68. The van der Waals surface area contributed by atoms with Gasteiger partial charge in [-0.15, -0.1) is 0 Å². The van der Waals surface area contributed by atoms with Crippen molar-refractivity contribution in [3.8, 4) is 0 Å². The third-order valence-corrected chi connectivity index (χ3v) is 3.01. The number of aromatic nitrogens is 1. The Bertz CT molecular complexity index is 602. The third kappa shape index (κ3) is 4.81. The molecule has 104 valence electrons. The predicted molar refractivity (Wildman–Crippen MR) is 64.6 cm³/mol. The number of hydrogen-bond donors (Lipinski definition) is 3. The van der Waals surface area contributed by atoms with Crippen molar-refractivity contribution >= 4 is 33.6 Å². The molecule has 8 nitrogen and oxygen atoms in total. The molecule has 0 bridgehead atoms. The molecule has 0 aromatic carbocycles. The second-order valence-electron chi connectivity index (χ2n) is 3.45. The van der Waals surface area contributed by atoms with Gasteiger partial charge in [0, 0.05) is 6.20 Å². The summed E-state index contributed by atoms with van der Waals surface area (Å²) in [7, 11) is -4.56. The highest BCUT2D eigenvalue weighted by Crippen LogP contribution is 2.12. The summed E-state index contributed by atoms with van der Waals surface area (Å²) in [5.74, 6) is -3.72. The summed E-state index contributed by atoms with van der Waals surface area (Å²) in [4.78, 5) is 26.1. The maximum Gasteiger partial charge on any atom is 0.327 e. The van der Waals surface area contributed by atoms with Gasteiger partial charge in [0.05, 0.1) is 5.02 Å². The van der Waals surface area contributed by atoms with Crippen molar-refractivity contribution in [3.05, 3.63) is 29.0 Å². The smallest absolute Gasteiger partial charge is 0.327 e. The van der Waals surface area contributed by atoms with Crippen LogP contribution < -0.4 is 5.32 Å². The number of carbonyl (C=O) groups excluding carboxylic acids is 1. The fourth-order valence-electron chi connectivity index (χ4n) is 1.16. The van der Waals surface area contributed by atoms with E-state index in [0.717, 1.165) is 0 Å². The van der Waals surface area contributed by atoms with E-state index in [1.54, 1.807) is 0 Å². The van der Waals surface area contributed by atoms with Crippen LogP contribution in [0.2, 0.25) is 5.02 Å². The molecule has 1 unspecified atom stereocenters. The summed E-state index contributed by atoms with van der Waals surface area (Å²) in [6, 6.07) is 1.02. The lowest BCUT2D eigenvalue weighted by Gasteiger charge is -2.12. The lowest BCUT2D eigenvalue weighted by atomic mass is 10.3. The number of rotatable bonds is 5. The van der Waals surface area contributed by atoms with Gasteiger partial charge in [0.2, 0.25) is 0 Å². The topological polar surface area (TPSA) is 134 Å². The van der Waals surface area contributed by atoms with Crippen LogP contribution >= 0.6 is 11.6 Å². The van der Waals surface area contributed by atoms with Gasteiger partial charge in [-0.3, -0.25) is 9.35 Å². The standard InChI is InChI=1S/C9H9ClN2O6S/c10-5-2-1-3-11-7(5)8(13)12-6(9(14)15)4-19(16,17)18/h1-3,6H,4H2,(H,12,13)(H,14,15)(H,16,17,18). The fraction of sp³-hybridized carbons (Fsp3) is 0.222. The molecular formula is C9H9ClN2O6S. The zero-order valence-electron chi connectivity index (χ0n) is 9.28. The fourth-order valence-corrected chi connectivity index (χ4v) is 2.02. The number of hydrogen-bond acceptors (Lipinski definition) is 5. The first-order chi connectivity index (χ1) is 8.70. The molecule has 10 heteroatoms. The van der Waals surface area contributed by atoms with E-state index in [-0.39, 0.29) is 10.7 Å². The number of pyridine rings is 1. The van der Waals surface area contributed by atoms with E-state index in [1.165, 1.54) is 18.3 Å². The zero-order valence-corrected chi connectivity index (χ0v) is 10.8. The lowest BCUT2D eigenvalue weighted by Crippen LogP contribution is -2.45. The van der Waals surface area contributed by atoms with Crippen molar-refractivity contribution in [3.63, 3.8) is 0 Å². The number of nitrogens with one attached hydrogen (secondary N) is 1. The minimum atomic E-state index is -4.56. The Morgan fingerprint density at radius 1 is 1.47 bits per heavy atom. The van der Waals surface area contributed by atoms with E-state index in [9.17, 15) is 18.0 Å². The van der Waals surface area contributed by atoms with Gasteiger partial charge in [-0.05, 0) is 12.1 Å². The van der Waals surface area contributed by atoms with E-state index >= 15 is 0 Å². The Morgan fingerprint density at radius 3 is 2.58 bits per heavy atom. The molecule has 3 N–H and O–H groups in total. The number of carboxylic acids is 1. The molecule has 0 aliphatic heterocycles. The van der Waals surface area contributed by atoms with Gasteiger partial charge in [-0.25, -0.2) is 9.78 Å². The molecule has 0 saturated heterocycles. The molecule has 1 aromatic rings. The van der Waals surface area contributed by atoms with Crippen LogP contribution in [0, 0.1) is 0 Å². The summed E-state index contributed by atoms with van der Waals surface area (Å²) in [6.45, 7) is 0. The molecular weight excluding hydrogens is 300 g/mol. The second-order valence-corrected chi connectivity index (χ2v) is 5.35. The lowest BCUT2D eigenvalue weighted by molar-refractivity contribution is -0.138. The van der Waals surface area contributed by atoms with Crippen molar-refractivity contribution in [2.75, 3.05) is 5.75 Å². The maximum atomic E-state index is 11.7. The number of aliphatic carboxylic acids is 1. The molecule has 1 atom stereocenters. The molecule has 0 saturated carbocycles. The predicted octanol–water partition coefficient (Wildman–Crippen LogP) is -0.194. The number of carboxylic acid groups (broad SMARTS) is 1. The summed E-state index contributed by atoms with van der Waals surface area (Å²) in [6.07, 6.45) is 1.26. The second kappa shape index (κ2) is 5.95. The van der Waals surface area contributed by atoms with Crippen molar-refractivity contribution in [1.82, 2.24) is 10.3 Å². The van der Waals surface area contributed by atoms with E-state index < -0.39 is 33.8 Å². The summed E-state index contributed by atoms with van der Waals surface area (Å²) < 4.78 is 29.9. The highest BCUT2D eigenvalue weighted by atomic mass is 35.5. The summed E-state index contributed by atoms with van der Waals surface area (Å²) in [5, 5.41) is 10.6. The number of carbonyl (C=O) groups is 2. The van der Waals surface area contributed by atoms with Gasteiger partial charge in [-0.1, -0.05) is 11.6 Å². The Morgan fingerprint density at radius 2 is 2.11 bits per heavy atom. The van der Waals surface area contributed by atoms with E-state index in [2.05, 4.69) is 4.98 Å². The average Bonchev–Trinajstić information content (AvgIpc) is 2.26. The van der Waals surface area contributed by atoms with Gasteiger partial charge >= 0.3 is 5.97 Å². The molecule has 1 aromatic heterocycles. The van der Waals surface area contributed by atoms with Crippen LogP contribution in [0.4, 0.5) is 0 Å². The molecule has 1 rings (SSSR count). The van der Waals surface area contributed by atoms with Crippen LogP contribution in [0.15, 0.2) is 18.3 Å². The highest BCUT2D eigenvalue weighted by molar-refractivity contribution is 7.85. The van der Waals surface area contributed by atoms with Crippen molar-refractivity contribution < 1.29 is 27.7 Å². The van der Waals surface area contributed by atoms with Crippen LogP contribution in [0.3, 0.4) is 0 Å². The van der Waals surface area contributed by atoms with Gasteiger partial charge in [-0.2, -0.15) is 8.42 Å². The molecule has 1 heterocycles. The van der Waals surface area contributed by atoms with Crippen LogP contribution in [-0.2, 0) is 14.9 Å². The Balaban J connectivity index is 2.89. The first-order valence-electron chi connectivity index (χ1n) is 4.80. The highest BCUT2D eigenvalue weighted by Gasteiger charge is 2.27. The largest absolute Gasteiger partial charge is 0.480 e. The molecule has 19 heavy (non-hydrogen) atoms. The van der Waals surface area contributed by atoms with Crippen LogP contribution in [0.5, 0.6) is 0 Å². The number of halogens is 1. The number of nitrogens with zero attached hydrogens (tertiary/aromatic N) is 1. The van der Waals surface area contributed by atoms with Crippen LogP contribution in [0.25, 0.3) is 0 Å². The Labute approximate surface area is 113 Å². The Kier molecular flexibility index (Phi) is 4.81. The quantitative estimate of drug-likeness (QED) is 0.641. The summed E-state index contributed by atoms with van der Waals surface area (Å²) in [5.41, 5.74) is -0.245. The molecule has 1 amide bonds. The third-order valence-electron chi connectivity index (χ3n) is 1.95. The maximum absolute atomic E-state index is 11.7. The van der Waals surface area contributed by atoms with Crippen molar-refractivity contribution in [1.29, 1.82) is 0 Å². The van der Waals surface area contributed by atoms with Gasteiger partial charge in [0.15, 0.2) is 0 Å². The molecule has 0 aliphatic carbocycles. The van der Waals surface area contributed by atoms with Crippen molar-refractivity contribution in [2.24, 2.45) is 0 Å². The molecule has 0 aliphatic rings. The Hall–Kier alpha value is -1.71. The zero-order chi connectivity index (χ0) is 14.6. The molecule has 0 fully saturated rings. The van der Waals surface area contributed by atoms with E-state index in [4.69, 9.17) is 21.3 Å². The van der Waals surface area contributed by atoms with Crippen LogP contribution in [0.1, 0.15) is 10.5 Å². The molecule has 0 spiro atoms. The van der Waals surface area contributed by atoms with E-state index in [0.29, 0.717) is 0 Å². The minimum Gasteiger partial charge on any atom is -0.480 e. The normalized spacial score (nSPS) is 12.7. The van der Waals surface area contributed by atoms with Crippen molar-refractivity contribution in [2.45, 2.75) is 6.04 Å². The van der Waals surface area contributed by atoms with Gasteiger partial charge < -0.3 is 10.4 Å². The van der Waals surface area contributed by atoms with Gasteiger partial charge in [0.1, 0.15) is 17.5 Å². The SMILES string of the molecule is O=C(NC(CS(=O)(=O)O)C(=O)O)c1ncccc1Cl.